The molecule has 2 rings (SSSR count). The summed E-state index contributed by atoms with van der Waals surface area (Å²) in [5, 5.41) is 7.32. The molecule has 0 aromatic carbocycles. The molecule has 0 spiro atoms. The van der Waals surface area contributed by atoms with E-state index in [0.29, 0.717) is 17.5 Å². The lowest BCUT2D eigenvalue weighted by atomic mass is 10.3. The van der Waals surface area contributed by atoms with Crippen molar-refractivity contribution in [1.29, 1.82) is 0 Å². The van der Waals surface area contributed by atoms with Gasteiger partial charge in [-0.05, 0) is 20.8 Å². The largest absolute Gasteiger partial charge is 0.362 e. The van der Waals surface area contributed by atoms with Crippen LogP contribution in [0.4, 0.5) is 5.82 Å². The number of anilines is 1. The molecule has 0 aliphatic heterocycles. The van der Waals surface area contributed by atoms with Gasteiger partial charge in [0, 0.05) is 6.07 Å². The molecule has 2 heterocycles. The van der Waals surface area contributed by atoms with E-state index in [-0.39, 0.29) is 0 Å². The van der Waals surface area contributed by atoms with Crippen LogP contribution in [-0.2, 0) is 6.54 Å². The minimum Gasteiger partial charge on any atom is -0.362 e. The highest BCUT2D eigenvalue weighted by Crippen LogP contribution is 2.19. The molecule has 90 valence electrons. The van der Waals surface area contributed by atoms with E-state index >= 15 is 0 Å². The highest BCUT2D eigenvalue weighted by Gasteiger charge is 2.07. The molecule has 0 amide bonds. The first-order valence-corrected chi connectivity index (χ1v) is 5.61. The molecule has 0 bridgehead atoms. The first-order chi connectivity index (χ1) is 8.06. The molecule has 6 heteroatoms. The zero-order chi connectivity index (χ0) is 12.4. The topological polar surface area (TPSA) is 63.8 Å². The molecule has 0 unspecified atom stereocenters. The maximum absolute atomic E-state index is 5.99. The van der Waals surface area contributed by atoms with Gasteiger partial charge < -0.3 is 9.84 Å². The molecule has 2 aromatic heterocycles. The van der Waals surface area contributed by atoms with Crippen molar-refractivity contribution in [2.75, 3.05) is 5.32 Å². The van der Waals surface area contributed by atoms with Gasteiger partial charge in [-0.25, -0.2) is 9.97 Å². The fourth-order valence-corrected chi connectivity index (χ4v) is 1.60. The highest BCUT2D eigenvalue weighted by atomic mass is 35.5. The number of aryl methyl sites for hydroxylation is 3. The van der Waals surface area contributed by atoms with Crippen molar-refractivity contribution in [1.82, 2.24) is 15.1 Å². The van der Waals surface area contributed by atoms with Crippen LogP contribution < -0.4 is 5.32 Å². The zero-order valence-corrected chi connectivity index (χ0v) is 10.7. The summed E-state index contributed by atoms with van der Waals surface area (Å²) in [7, 11) is 0. The lowest BCUT2D eigenvalue weighted by molar-refractivity contribution is 0.391. The Bertz CT molecular complexity index is 538. The second kappa shape index (κ2) is 4.71. The van der Waals surface area contributed by atoms with Crippen LogP contribution in [0.3, 0.4) is 0 Å². The normalized spacial score (nSPS) is 10.6. The summed E-state index contributed by atoms with van der Waals surface area (Å²) in [6.07, 6.45) is 0. The Kier molecular flexibility index (Phi) is 3.28. The van der Waals surface area contributed by atoms with Crippen LogP contribution in [0.2, 0.25) is 5.15 Å². The standard InChI is InChI=1S/C11H13ClN4O/c1-6-4-9(16-17-6)5-13-11-10(12)14-7(2)8(3)15-11/h4H,5H2,1-3H3,(H,13,15). The van der Waals surface area contributed by atoms with Crippen molar-refractivity contribution >= 4 is 17.4 Å². The Morgan fingerprint density at radius 3 is 2.59 bits per heavy atom. The molecule has 5 nitrogen and oxygen atoms in total. The number of nitrogens with zero attached hydrogens (tertiary/aromatic N) is 3. The van der Waals surface area contributed by atoms with Crippen LogP contribution >= 0.6 is 11.6 Å². The second-order valence-electron chi connectivity index (χ2n) is 3.82. The van der Waals surface area contributed by atoms with Gasteiger partial charge in [0.2, 0.25) is 0 Å². The summed E-state index contributed by atoms with van der Waals surface area (Å²) < 4.78 is 4.97. The lowest BCUT2D eigenvalue weighted by Crippen LogP contribution is -2.05. The Labute approximate surface area is 104 Å². The van der Waals surface area contributed by atoms with Gasteiger partial charge in [-0.1, -0.05) is 16.8 Å². The van der Waals surface area contributed by atoms with E-state index in [4.69, 9.17) is 16.1 Å². The SMILES string of the molecule is Cc1cc(CNc2nc(C)c(C)nc2Cl)no1. The maximum atomic E-state index is 5.99. The van der Waals surface area contributed by atoms with E-state index in [1.165, 1.54) is 0 Å². The van der Waals surface area contributed by atoms with E-state index in [1.54, 1.807) is 0 Å². The summed E-state index contributed by atoms with van der Waals surface area (Å²) in [5.41, 5.74) is 2.49. The average molecular weight is 253 g/mol. The molecule has 2 aromatic rings. The van der Waals surface area contributed by atoms with E-state index < -0.39 is 0 Å². The van der Waals surface area contributed by atoms with Crippen molar-refractivity contribution in [2.45, 2.75) is 27.3 Å². The van der Waals surface area contributed by atoms with Gasteiger partial charge in [-0.3, -0.25) is 0 Å². The van der Waals surface area contributed by atoms with Gasteiger partial charge in [0.25, 0.3) is 0 Å². The van der Waals surface area contributed by atoms with E-state index in [9.17, 15) is 0 Å². The number of aromatic nitrogens is 3. The van der Waals surface area contributed by atoms with Crippen molar-refractivity contribution in [3.8, 4) is 0 Å². The Morgan fingerprint density at radius 2 is 1.94 bits per heavy atom. The molecule has 0 saturated carbocycles. The van der Waals surface area contributed by atoms with Gasteiger partial charge in [-0.2, -0.15) is 0 Å². The van der Waals surface area contributed by atoms with Crippen LogP contribution in [0.5, 0.6) is 0 Å². The first kappa shape index (κ1) is 11.9. The van der Waals surface area contributed by atoms with Gasteiger partial charge in [0.15, 0.2) is 11.0 Å². The minimum absolute atomic E-state index is 0.369. The monoisotopic (exact) mass is 252 g/mol. The Hall–Kier alpha value is -1.62. The minimum atomic E-state index is 0.369. The summed E-state index contributed by atoms with van der Waals surface area (Å²) in [6, 6.07) is 1.86. The molecule has 0 radical (unpaired) electrons. The number of hydrogen-bond donors (Lipinski definition) is 1. The smallest absolute Gasteiger partial charge is 0.171 e. The lowest BCUT2D eigenvalue weighted by Gasteiger charge is -2.07. The summed E-state index contributed by atoms with van der Waals surface area (Å²) in [6.45, 7) is 6.12. The summed E-state index contributed by atoms with van der Waals surface area (Å²) in [4.78, 5) is 8.52. The van der Waals surface area contributed by atoms with Crippen LogP contribution in [0.25, 0.3) is 0 Å². The van der Waals surface area contributed by atoms with Crippen LogP contribution in [0, 0.1) is 20.8 Å². The summed E-state index contributed by atoms with van der Waals surface area (Å²) >= 11 is 5.99. The zero-order valence-electron chi connectivity index (χ0n) is 9.91. The van der Waals surface area contributed by atoms with Crippen LogP contribution in [0.15, 0.2) is 10.6 Å². The van der Waals surface area contributed by atoms with Gasteiger partial charge >= 0.3 is 0 Å². The molecule has 0 atom stereocenters. The molecule has 0 fully saturated rings. The molecule has 17 heavy (non-hydrogen) atoms. The molecular weight excluding hydrogens is 240 g/mol. The Balaban J connectivity index is 2.11. The average Bonchev–Trinajstić information content (AvgIpc) is 2.68. The van der Waals surface area contributed by atoms with Crippen molar-refractivity contribution in [3.63, 3.8) is 0 Å². The predicted molar refractivity (Wildman–Crippen MR) is 65.1 cm³/mol. The fraction of sp³-hybridized carbons (Fsp3) is 0.364. The number of hydrogen-bond acceptors (Lipinski definition) is 5. The maximum Gasteiger partial charge on any atom is 0.171 e. The third kappa shape index (κ3) is 2.74. The van der Waals surface area contributed by atoms with Crippen LogP contribution in [0.1, 0.15) is 22.8 Å². The van der Waals surface area contributed by atoms with E-state index in [0.717, 1.165) is 22.8 Å². The number of rotatable bonds is 3. The molecular formula is C11H13ClN4O. The van der Waals surface area contributed by atoms with Crippen molar-refractivity contribution < 1.29 is 4.52 Å². The molecule has 1 N–H and O–H groups in total. The van der Waals surface area contributed by atoms with Gasteiger partial charge in [0.05, 0.1) is 17.9 Å². The number of nitrogens with one attached hydrogen (secondary N) is 1. The van der Waals surface area contributed by atoms with Crippen molar-refractivity contribution in [3.05, 3.63) is 34.1 Å². The van der Waals surface area contributed by atoms with Crippen LogP contribution in [-0.4, -0.2) is 15.1 Å². The summed E-state index contributed by atoms with van der Waals surface area (Å²) in [5.74, 6) is 1.34. The van der Waals surface area contributed by atoms with E-state index in [2.05, 4.69) is 20.4 Å². The predicted octanol–water partition coefficient (Wildman–Crippen LogP) is 2.66. The Morgan fingerprint density at radius 1 is 1.24 bits per heavy atom. The van der Waals surface area contributed by atoms with Gasteiger partial charge in [0.1, 0.15) is 11.5 Å². The third-order valence-corrected chi connectivity index (χ3v) is 2.64. The molecule has 0 aliphatic rings. The molecule has 0 saturated heterocycles. The van der Waals surface area contributed by atoms with Gasteiger partial charge in [-0.15, -0.1) is 0 Å². The molecule has 0 aliphatic carbocycles. The fourth-order valence-electron chi connectivity index (χ4n) is 1.36. The number of halogens is 1. The highest BCUT2D eigenvalue weighted by molar-refractivity contribution is 6.31. The quantitative estimate of drug-likeness (QED) is 0.910. The third-order valence-electron chi connectivity index (χ3n) is 2.38. The second-order valence-corrected chi connectivity index (χ2v) is 4.17. The van der Waals surface area contributed by atoms with E-state index in [1.807, 2.05) is 26.8 Å². The first-order valence-electron chi connectivity index (χ1n) is 5.23. The van der Waals surface area contributed by atoms with Crippen molar-refractivity contribution in [2.24, 2.45) is 0 Å².